The maximum Gasteiger partial charge on any atom is 0.415 e. The van der Waals surface area contributed by atoms with Gasteiger partial charge in [-0.3, -0.25) is 9.88 Å². The Hall–Kier alpha value is -2.90. The number of benzene rings is 1. The number of carbonyl (C=O) groups is 1. The standard InChI is InChI=1S/C16H12F3N3O2/c17-13-3-2-10(6-12(13)15(18)19)14-8-20-7-11(21-14)9-22-4-1-5-24-16(22)23/h1-3,5-8,15H,4,9H2. The van der Waals surface area contributed by atoms with Crippen LogP contribution in [-0.4, -0.2) is 27.5 Å². The van der Waals surface area contributed by atoms with Gasteiger partial charge in [0.05, 0.1) is 42.2 Å². The first-order valence-corrected chi connectivity index (χ1v) is 7.04. The number of carbonyl (C=O) groups excluding carboxylic acids is 1. The predicted molar refractivity (Wildman–Crippen MR) is 78.4 cm³/mol. The number of alkyl halides is 2. The molecule has 0 bridgehead atoms. The lowest BCUT2D eigenvalue weighted by molar-refractivity contribution is 0.130. The van der Waals surface area contributed by atoms with Gasteiger partial charge >= 0.3 is 6.09 Å². The molecule has 1 amide bonds. The number of hydrogen-bond donors (Lipinski definition) is 0. The van der Waals surface area contributed by atoms with Crippen molar-refractivity contribution in [2.75, 3.05) is 6.54 Å². The third-order valence-electron chi connectivity index (χ3n) is 3.41. The topological polar surface area (TPSA) is 55.3 Å². The molecule has 2 heterocycles. The van der Waals surface area contributed by atoms with Gasteiger partial charge in [-0.05, 0) is 24.3 Å². The average molecular weight is 335 g/mol. The van der Waals surface area contributed by atoms with Crippen LogP contribution in [0.2, 0.25) is 0 Å². The largest absolute Gasteiger partial charge is 0.418 e. The molecule has 1 aromatic carbocycles. The van der Waals surface area contributed by atoms with Crippen molar-refractivity contribution in [1.29, 1.82) is 0 Å². The fraction of sp³-hybridized carbons (Fsp3) is 0.188. The molecule has 1 aromatic heterocycles. The highest BCUT2D eigenvalue weighted by Crippen LogP contribution is 2.27. The molecule has 0 N–H and O–H groups in total. The molecule has 0 radical (unpaired) electrons. The molecule has 3 rings (SSSR count). The van der Waals surface area contributed by atoms with Gasteiger partial charge in [0.1, 0.15) is 5.82 Å². The molecule has 0 saturated heterocycles. The molecule has 5 nitrogen and oxygen atoms in total. The van der Waals surface area contributed by atoms with Crippen LogP contribution in [0.5, 0.6) is 0 Å². The summed E-state index contributed by atoms with van der Waals surface area (Å²) in [5.41, 5.74) is 0.407. The second kappa shape index (κ2) is 6.69. The number of rotatable bonds is 4. The Labute approximate surface area is 135 Å². The second-order valence-corrected chi connectivity index (χ2v) is 5.07. The van der Waals surface area contributed by atoms with E-state index in [1.165, 1.54) is 29.6 Å². The van der Waals surface area contributed by atoms with Crippen molar-refractivity contribution in [3.8, 4) is 11.3 Å². The zero-order chi connectivity index (χ0) is 17.1. The second-order valence-electron chi connectivity index (χ2n) is 5.07. The van der Waals surface area contributed by atoms with Crippen molar-refractivity contribution in [2.45, 2.75) is 13.0 Å². The summed E-state index contributed by atoms with van der Waals surface area (Å²) in [4.78, 5) is 21.3. The van der Waals surface area contributed by atoms with E-state index in [0.29, 0.717) is 23.5 Å². The number of ether oxygens (including phenoxy) is 1. The van der Waals surface area contributed by atoms with Crippen LogP contribution < -0.4 is 0 Å². The van der Waals surface area contributed by atoms with Crippen molar-refractivity contribution in [3.63, 3.8) is 0 Å². The lowest BCUT2D eigenvalue weighted by Gasteiger charge is -2.21. The van der Waals surface area contributed by atoms with Crippen molar-refractivity contribution < 1.29 is 22.7 Å². The van der Waals surface area contributed by atoms with Gasteiger partial charge in [0.25, 0.3) is 6.43 Å². The summed E-state index contributed by atoms with van der Waals surface area (Å²) in [6.45, 7) is 0.531. The van der Waals surface area contributed by atoms with Crippen LogP contribution in [0.3, 0.4) is 0 Å². The van der Waals surface area contributed by atoms with Crippen LogP contribution in [0, 0.1) is 5.82 Å². The SMILES string of the molecule is O=C1OC=CCN1Cc1cncc(-c2ccc(F)c(C(F)F)c2)n1. The van der Waals surface area contributed by atoms with Gasteiger partial charge in [-0.25, -0.2) is 22.9 Å². The average Bonchev–Trinajstić information content (AvgIpc) is 2.57. The normalized spacial score (nSPS) is 14.2. The van der Waals surface area contributed by atoms with Gasteiger partial charge in [-0.15, -0.1) is 0 Å². The molecule has 24 heavy (non-hydrogen) atoms. The van der Waals surface area contributed by atoms with Gasteiger partial charge in [0.2, 0.25) is 0 Å². The lowest BCUT2D eigenvalue weighted by Crippen LogP contribution is -2.33. The molecule has 0 atom stereocenters. The van der Waals surface area contributed by atoms with E-state index in [-0.39, 0.29) is 6.54 Å². The number of cyclic esters (lactones) is 1. The van der Waals surface area contributed by atoms with Crippen molar-refractivity contribution in [3.05, 3.63) is 60.0 Å². The summed E-state index contributed by atoms with van der Waals surface area (Å²) in [6, 6.07) is 3.37. The monoisotopic (exact) mass is 335 g/mol. The van der Waals surface area contributed by atoms with Crippen LogP contribution >= 0.6 is 0 Å². The van der Waals surface area contributed by atoms with E-state index in [0.717, 1.165) is 12.1 Å². The van der Waals surface area contributed by atoms with Crippen molar-refractivity contribution >= 4 is 6.09 Å². The van der Waals surface area contributed by atoms with Gasteiger partial charge in [0.15, 0.2) is 0 Å². The van der Waals surface area contributed by atoms with E-state index >= 15 is 0 Å². The molecule has 124 valence electrons. The summed E-state index contributed by atoms with van der Waals surface area (Å²) in [5, 5.41) is 0. The molecule has 0 aliphatic carbocycles. The molecule has 0 unspecified atom stereocenters. The number of halogens is 3. The van der Waals surface area contributed by atoms with Gasteiger partial charge in [-0.1, -0.05) is 0 Å². The summed E-state index contributed by atoms with van der Waals surface area (Å²) >= 11 is 0. The quantitative estimate of drug-likeness (QED) is 0.855. The molecule has 1 aliphatic rings. The maximum absolute atomic E-state index is 13.4. The Morgan fingerprint density at radius 2 is 2.12 bits per heavy atom. The van der Waals surface area contributed by atoms with Crippen LogP contribution in [-0.2, 0) is 11.3 Å². The van der Waals surface area contributed by atoms with E-state index in [1.807, 2.05) is 0 Å². The Kier molecular flexibility index (Phi) is 4.45. The summed E-state index contributed by atoms with van der Waals surface area (Å²) in [5.74, 6) is -0.972. The molecule has 0 spiro atoms. The van der Waals surface area contributed by atoms with Crippen molar-refractivity contribution in [2.24, 2.45) is 0 Å². The van der Waals surface area contributed by atoms with Gasteiger partial charge in [0, 0.05) is 12.1 Å². The Bertz CT molecular complexity index is 796. The van der Waals surface area contributed by atoms with Crippen LogP contribution in [0.15, 0.2) is 42.9 Å². The summed E-state index contributed by atoms with van der Waals surface area (Å²) < 4.78 is 43.8. The smallest absolute Gasteiger partial charge is 0.415 e. The summed E-state index contributed by atoms with van der Waals surface area (Å²) in [7, 11) is 0. The molecule has 1 aliphatic heterocycles. The fourth-order valence-corrected chi connectivity index (χ4v) is 2.24. The minimum absolute atomic E-state index is 0.160. The number of amides is 1. The first kappa shape index (κ1) is 16.0. The van der Waals surface area contributed by atoms with E-state index in [1.54, 1.807) is 6.08 Å². The zero-order valence-electron chi connectivity index (χ0n) is 12.3. The maximum atomic E-state index is 13.4. The van der Waals surface area contributed by atoms with Gasteiger partial charge < -0.3 is 4.74 Å². The third-order valence-corrected chi connectivity index (χ3v) is 3.41. The van der Waals surface area contributed by atoms with E-state index in [9.17, 15) is 18.0 Å². The lowest BCUT2D eigenvalue weighted by atomic mass is 10.1. The Morgan fingerprint density at radius 1 is 1.29 bits per heavy atom. The molecule has 2 aromatic rings. The first-order chi connectivity index (χ1) is 11.5. The first-order valence-electron chi connectivity index (χ1n) is 7.04. The van der Waals surface area contributed by atoms with Gasteiger partial charge in [-0.2, -0.15) is 0 Å². The van der Waals surface area contributed by atoms with Crippen molar-refractivity contribution in [1.82, 2.24) is 14.9 Å². The van der Waals surface area contributed by atoms with Crippen LogP contribution in [0.1, 0.15) is 17.7 Å². The van der Waals surface area contributed by atoms with Crippen LogP contribution in [0.25, 0.3) is 11.3 Å². The number of hydrogen-bond acceptors (Lipinski definition) is 4. The minimum Gasteiger partial charge on any atom is -0.418 e. The summed E-state index contributed by atoms with van der Waals surface area (Å²) in [6.07, 6.45) is 2.41. The van der Waals surface area contributed by atoms with E-state index < -0.39 is 23.9 Å². The molecule has 0 fully saturated rings. The third kappa shape index (κ3) is 3.37. The zero-order valence-corrected chi connectivity index (χ0v) is 12.3. The highest BCUT2D eigenvalue weighted by molar-refractivity contribution is 5.69. The molecule has 8 heteroatoms. The van der Waals surface area contributed by atoms with Crippen LogP contribution in [0.4, 0.5) is 18.0 Å². The molecular formula is C16H12F3N3O2. The fourth-order valence-electron chi connectivity index (χ4n) is 2.24. The molecule has 0 saturated carbocycles. The Balaban J connectivity index is 1.86. The highest BCUT2D eigenvalue weighted by Gasteiger charge is 2.18. The molecular weight excluding hydrogens is 323 g/mol. The minimum atomic E-state index is -2.92. The van der Waals surface area contributed by atoms with E-state index in [4.69, 9.17) is 4.74 Å². The Morgan fingerprint density at radius 3 is 2.88 bits per heavy atom. The predicted octanol–water partition coefficient (Wildman–Crippen LogP) is 3.69. The number of nitrogens with zero attached hydrogens (tertiary/aromatic N) is 3. The highest BCUT2D eigenvalue weighted by atomic mass is 19.3. The van der Waals surface area contributed by atoms with E-state index in [2.05, 4.69) is 9.97 Å². The number of aromatic nitrogens is 2.